The summed E-state index contributed by atoms with van der Waals surface area (Å²) >= 11 is 0. The summed E-state index contributed by atoms with van der Waals surface area (Å²) < 4.78 is 24.6. The lowest BCUT2D eigenvalue weighted by Gasteiger charge is -2.05. The summed E-state index contributed by atoms with van der Waals surface area (Å²) in [6.07, 6.45) is 4.32. The number of carbonyl (C=O) groups excluding carboxylic acids is 2. The number of nitrogens with zero attached hydrogens (tertiary/aromatic N) is 1. The molecule has 5 nitrogen and oxygen atoms in total. The summed E-state index contributed by atoms with van der Waals surface area (Å²) in [5.41, 5.74) is 0.918. The maximum Gasteiger partial charge on any atom is 0.343 e. The van der Waals surface area contributed by atoms with E-state index in [9.17, 15) is 14.0 Å². The van der Waals surface area contributed by atoms with Crippen LogP contribution in [0.2, 0.25) is 0 Å². The average molecular weight is 361 g/mol. The maximum absolute atomic E-state index is 13.8. The number of hydrogen-bond donors (Lipinski definition) is 0. The molecular weight excluding hydrogens is 349 g/mol. The van der Waals surface area contributed by atoms with Crippen LogP contribution in [0.3, 0.4) is 0 Å². The van der Waals surface area contributed by atoms with E-state index in [0.717, 1.165) is 0 Å². The lowest BCUT2D eigenvalue weighted by Crippen LogP contribution is -2.08. The van der Waals surface area contributed by atoms with Crippen molar-refractivity contribution in [1.29, 1.82) is 0 Å². The maximum atomic E-state index is 13.8. The van der Waals surface area contributed by atoms with Crippen molar-refractivity contribution >= 4 is 17.8 Å². The van der Waals surface area contributed by atoms with Gasteiger partial charge in [-0.15, -0.1) is 0 Å². The molecule has 3 aromatic rings. The van der Waals surface area contributed by atoms with Crippen molar-refractivity contribution in [3.05, 3.63) is 95.3 Å². The quantitative estimate of drug-likeness (QED) is 0.400. The molecule has 0 atom stereocenters. The number of aromatic nitrogens is 1. The molecular formula is C21H12FNO4. The highest BCUT2D eigenvalue weighted by molar-refractivity contribution is 6.14. The zero-order valence-electron chi connectivity index (χ0n) is 13.9. The molecule has 1 aromatic heterocycles. The number of esters is 1. The number of halogens is 1. The first-order valence-electron chi connectivity index (χ1n) is 8.07. The average Bonchev–Trinajstić information content (AvgIpc) is 2.99. The van der Waals surface area contributed by atoms with E-state index in [1.165, 1.54) is 54.9 Å². The first-order valence-corrected chi connectivity index (χ1v) is 8.07. The Morgan fingerprint density at radius 3 is 2.63 bits per heavy atom. The monoisotopic (exact) mass is 361 g/mol. The van der Waals surface area contributed by atoms with Crippen LogP contribution in [-0.2, 0) is 0 Å². The Morgan fingerprint density at radius 1 is 1.07 bits per heavy atom. The number of fused-ring (bicyclic) bond motifs is 1. The number of benzene rings is 2. The van der Waals surface area contributed by atoms with Crippen molar-refractivity contribution in [2.24, 2.45) is 0 Å². The van der Waals surface area contributed by atoms with E-state index in [2.05, 4.69) is 4.98 Å². The van der Waals surface area contributed by atoms with E-state index >= 15 is 0 Å². The van der Waals surface area contributed by atoms with Gasteiger partial charge in [-0.3, -0.25) is 9.78 Å². The SMILES string of the molecule is O=C(Oc1ccc2c(c1)O/C(=C\c1ccccc1F)C2=O)c1ccncc1. The second-order valence-corrected chi connectivity index (χ2v) is 5.74. The third-order valence-corrected chi connectivity index (χ3v) is 3.96. The van der Waals surface area contributed by atoms with Crippen molar-refractivity contribution in [2.75, 3.05) is 0 Å². The summed E-state index contributed by atoms with van der Waals surface area (Å²) in [6.45, 7) is 0. The molecule has 0 amide bonds. The van der Waals surface area contributed by atoms with Gasteiger partial charge in [-0.1, -0.05) is 18.2 Å². The van der Waals surface area contributed by atoms with Gasteiger partial charge in [0.05, 0.1) is 11.1 Å². The second-order valence-electron chi connectivity index (χ2n) is 5.74. The molecule has 0 N–H and O–H groups in total. The van der Waals surface area contributed by atoms with Gasteiger partial charge < -0.3 is 9.47 Å². The molecule has 2 heterocycles. The molecule has 0 spiro atoms. The first-order chi connectivity index (χ1) is 13.1. The largest absolute Gasteiger partial charge is 0.452 e. The number of ketones is 1. The Labute approximate surface area is 153 Å². The van der Waals surface area contributed by atoms with E-state index in [1.807, 2.05) is 0 Å². The lowest BCUT2D eigenvalue weighted by molar-refractivity contribution is 0.0734. The number of pyridine rings is 1. The lowest BCUT2D eigenvalue weighted by atomic mass is 10.1. The highest BCUT2D eigenvalue weighted by atomic mass is 19.1. The molecule has 6 heteroatoms. The van der Waals surface area contributed by atoms with Crippen molar-refractivity contribution in [2.45, 2.75) is 0 Å². The van der Waals surface area contributed by atoms with Gasteiger partial charge in [-0.2, -0.15) is 0 Å². The molecule has 0 fully saturated rings. The van der Waals surface area contributed by atoms with Crippen molar-refractivity contribution < 1.29 is 23.5 Å². The third-order valence-electron chi connectivity index (χ3n) is 3.96. The molecule has 132 valence electrons. The number of Topliss-reactive ketones (excluding diaryl/α,β-unsaturated/α-hetero) is 1. The molecule has 1 aliphatic rings. The summed E-state index contributed by atoms with van der Waals surface area (Å²) in [5, 5.41) is 0. The summed E-state index contributed by atoms with van der Waals surface area (Å²) in [6, 6.07) is 13.6. The predicted octanol–water partition coefficient (Wildman–Crippen LogP) is 4.06. The Kier molecular flexibility index (Phi) is 4.22. The van der Waals surface area contributed by atoms with Gasteiger partial charge in [-0.05, 0) is 36.4 Å². The normalized spacial score (nSPS) is 14.0. The second kappa shape index (κ2) is 6.84. The van der Waals surface area contributed by atoms with Gasteiger partial charge in [0, 0.05) is 24.0 Å². The topological polar surface area (TPSA) is 65.5 Å². The van der Waals surface area contributed by atoms with E-state index in [1.54, 1.807) is 18.2 Å². The Balaban J connectivity index is 1.58. The molecule has 0 unspecified atom stereocenters. The Bertz CT molecular complexity index is 1080. The fraction of sp³-hybridized carbons (Fsp3) is 0. The number of ether oxygens (including phenoxy) is 2. The van der Waals surface area contributed by atoms with Crippen molar-refractivity contribution in [3.63, 3.8) is 0 Å². The third kappa shape index (κ3) is 3.32. The van der Waals surface area contributed by atoms with Crippen LogP contribution < -0.4 is 9.47 Å². The molecule has 1 aliphatic heterocycles. The fourth-order valence-electron chi connectivity index (χ4n) is 2.62. The highest BCUT2D eigenvalue weighted by Crippen LogP contribution is 2.35. The van der Waals surface area contributed by atoms with Crippen LogP contribution in [0.15, 0.2) is 72.8 Å². The summed E-state index contributed by atoms with van der Waals surface area (Å²) in [7, 11) is 0. The van der Waals surface area contributed by atoms with E-state index in [4.69, 9.17) is 9.47 Å². The molecule has 27 heavy (non-hydrogen) atoms. The van der Waals surface area contributed by atoms with E-state index in [-0.39, 0.29) is 28.6 Å². The molecule has 0 bridgehead atoms. The molecule has 0 saturated carbocycles. The predicted molar refractivity (Wildman–Crippen MR) is 95.0 cm³/mol. The van der Waals surface area contributed by atoms with Crippen LogP contribution in [0.25, 0.3) is 6.08 Å². The Morgan fingerprint density at radius 2 is 1.85 bits per heavy atom. The standard InChI is InChI=1S/C21H12FNO4/c22-17-4-2-1-3-14(17)11-19-20(24)16-6-5-15(12-18(16)27-19)26-21(25)13-7-9-23-10-8-13/h1-12H/b19-11-. The minimum absolute atomic E-state index is 0.00714. The fourth-order valence-corrected chi connectivity index (χ4v) is 2.62. The number of hydrogen-bond acceptors (Lipinski definition) is 5. The van der Waals surface area contributed by atoms with Gasteiger partial charge >= 0.3 is 5.97 Å². The van der Waals surface area contributed by atoms with Crippen LogP contribution in [0, 0.1) is 5.82 Å². The number of allylic oxidation sites excluding steroid dienone is 1. The molecule has 0 aliphatic carbocycles. The van der Waals surface area contributed by atoms with E-state index < -0.39 is 11.8 Å². The zero-order chi connectivity index (χ0) is 18.8. The van der Waals surface area contributed by atoms with Crippen molar-refractivity contribution in [1.82, 2.24) is 4.98 Å². The van der Waals surface area contributed by atoms with Gasteiger partial charge in [0.15, 0.2) is 5.76 Å². The van der Waals surface area contributed by atoms with Crippen LogP contribution in [-0.4, -0.2) is 16.7 Å². The molecule has 0 radical (unpaired) electrons. The van der Waals surface area contributed by atoms with E-state index in [0.29, 0.717) is 11.1 Å². The van der Waals surface area contributed by atoms with Gasteiger partial charge in [-0.25, -0.2) is 9.18 Å². The van der Waals surface area contributed by atoms with Crippen LogP contribution in [0.1, 0.15) is 26.3 Å². The van der Waals surface area contributed by atoms with Gasteiger partial charge in [0.1, 0.15) is 17.3 Å². The molecule has 0 saturated heterocycles. The Hall–Kier alpha value is -3.80. The van der Waals surface area contributed by atoms with Crippen molar-refractivity contribution in [3.8, 4) is 11.5 Å². The summed E-state index contributed by atoms with van der Waals surface area (Å²) in [4.78, 5) is 28.4. The summed E-state index contributed by atoms with van der Waals surface area (Å²) in [5.74, 6) is -0.876. The number of carbonyl (C=O) groups is 2. The van der Waals surface area contributed by atoms with Gasteiger partial charge in [0.25, 0.3) is 0 Å². The molecule has 4 rings (SSSR count). The van der Waals surface area contributed by atoms with Crippen LogP contribution in [0.5, 0.6) is 11.5 Å². The smallest absolute Gasteiger partial charge is 0.343 e. The van der Waals surface area contributed by atoms with Crippen LogP contribution >= 0.6 is 0 Å². The minimum Gasteiger partial charge on any atom is -0.452 e. The van der Waals surface area contributed by atoms with Gasteiger partial charge in [0.2, 0.25) is 5.78 Å². The first kappa shape index (κ1) is 16.7. The minimum atomic E-state index is -0.552. The number of rotatable bonds is 3. The highest BCUT2D eigenvalue weighted by Gasteiger charge is 2.28. The zero-order valence-corrected chi connectivity index (χ0v) is 13.9. The van der Waals surface area contributed by atoms with Crippen LogP contribution in [0.4, 0.5) is 4.39 Å². The molecule has 2 aromatic carbocycles.